The van der Waals surface area contributed by atoms with Crippen molar-refractivity contribution in [3.63, 3.8) is 0 Å². The van der Waals surface area contributed by atoms with E-state index < -0.39 is 11.8 Å². The van der Waals surface area contributed by atoms with Gasteiger partial charge in [-0.3, -0.25) is 15.0 Å². The van der Waals surface area contributed by atoms with Crippen molar-refractivity contribution in [2.45, 2.75) is 6.42 Å². The van der Waals surface area contributed by atoms with E-state index in [9.17, 15) is 9.59 Å². The molecule has 1 fully saturated rings. The molecule has 0 spiro atoms. The van der Waals surface area contributed by atoms with E-state index in [2.05, 4.69) is 21.4 Å². The molecular weight excluding hydrogens is 500 g/mol. The van der Waals surface area contributed by atoms with Crippen LogP contribution in [0.15, 0.2) is 82.8 Å². The number of rotatable bonds is 9. The van der Waals surface area contributed by atoms with Crippen molar-refractivity contribution in [3.8, 4) is 17.2 Å². The fourth-order valence-electron chi connectivity index (χ4n) is 3.39. The number of anilines is 1. The van der Waals surface area contributed by atoms with E-state index in [1.165, 1.54) is 18.2 Å². The van der Waals surface area contributed by atoms with Crippen LogP contribution in [0, 0.1) is 0 Å². The zero-order valence-corrected chi connectivity index (χ0v) is 20.1. The Labute approximate surface area is 206 Å². The molecule has 7 nitrogen and oxygen atoms in total. The van der Waals surface area contributed by atoms with Crippen LogP contribution < -0.4 is 24.6 Å². The van der Waals surface area contributed by atoms with Gasteiger partial charge in [0.2, 0.25) is 0 Å². The summed E-state index contributed by atoms with van der Waals surface area (Å²) < 4.78 is 17.7. The van der Waals surface area contributed by atoms with Crippen LogP contribution in [0.1, 0.15) is 12.0 Å². The Morgan fingerprint density at radius 3 is 2.32 bits per heavy atom. The van der Waals surface area contributed by atoms with Gasteiger partial charge in [-0.15, -0.1) is 0 Å². The van der Waals surface area contributed by atoms with Gasteiger partial charge in [0, 0.05) is 6.42 Å². The minimum Gasteiger partial charge on any atom is -0.493 e. The topological polar surface area (TPSA) is 77.1 Å². The first kappa shape index (κ1) is 23.4. The maximum atomic E-state index is 12.8. The van der Waals surface area contributed by atoms with Crippen molar-refractivity contribution in [1.82, 2.24) is 5.43 Å². The van der Waals surface area contributed by atoms with Gasteiger partial charge < -0.3 is 14.2 Å². The van der Waals surface area contributed by atoms with Crippen molar-refractivity contribution in [1.29, 1.82) is 0 Å². The number of amides is 2. The number of methoxy groups -OCH3 is 1. The number of nitrogens with one attached hydrogen (secondary N) is 1. The van der Waals surface area contributed by atoms with Gasteiger partial charge in [0.1, 0.15) is 11.3 Å². The number of halogens is 1. The van der Waals surface area contributed by atoms with Gasteiger partial charge in [-0.05, 0) is 64.0 Å². The van der Waals surface area contributed by atoms with Crippen LogP contribution in [-0.4, -0.2) is 32.1 Å². The Morgan fingerprint density at radius 1 is 0.941 bits per heavy atom. The number of carbonyl (C=O) groups excluding carboxylic acids is 2. The highest BCUT2D eigenvalue weighted by molar-refractivity contribution is 9.10. The first-order chi connectivity index (χ1) is 16.6. The zero-order chi connectivity index (χ0) is 23.9. The molecular formula is C26H23BrN2O5. The first-order valence-electron chi connectivity index (χ1n) is 10.7. The molecule has 3 aromatic rings. The summed E-state index contributed by atoms with van der Waals surface area (Å²) in [6, 6.07) is 22.0. The van der Waals surface area contributed by atoms with E-state index in [0.717, 1.165) is 5.75 Å². The number of carbonyl (C=O) groups is 2. The van der Waals surface area contributed by atoms with Crippen LogP contribution in [0.25, 0.3) is 6.08 Å². The zero-order valence-electron chi connectivity index (χ0n) is 18.5. The minimum absolute atomic E-state index is 0.0320. The number of ether oxygens (including phenoxy) is 3. The SMILES string of the molecule is COc1cc(C=C2C(=O)NN(c3ccccc3)C2=O)cc(Br)c1OCCCOc1ccccc1. The second-order valence-corrected chi connectivity index (χ2v) is 8.23. The van der Waals surface area contributed by atoms with Crippen molar-refractivity contribution in [3.05, 3.63) is 88.4 Å². The standard InChI is InChI=1S/C26H23BrN2O5/c1-32-23-17-18(15-21-25(30)28-29(26(21)31)19-9-4-2-5-10-19)16-22(27)24(23)34-14-8-13-33-20-11-6-3-7-12-20/h2-7,9-12,15-17H,8,13-14H2,1H3,(H,28,30). The summed E-state index contributed by atoms with van der Waals surface area (Å²) in [4.78, 5) is 25.3. The van der Waals surface area contributed by atoms with Gasteiger partial charge in [-0.2, -0.15) is 0 Å². The maximum absolute atomic E-state index is 12.8. The molecule has 0 radical (unpaired) electrons. The lowest BCUT2D eigenvalue weighted by molar-refractivity contribution is -0.117. The van der Waals surface area contributed by atoms with Gasteiger partial charge in [0.25, 0.3) is 11.8 Å². The van der Waals surface area contributed by atoms with Gasteiger partial charge >= 0.3 is 0 Å². The molecule has 174 valence electrons. The third-order valence-electron chi connectivity index (χ3n) is 5.02. The molecule has 1 N–H and O–H groups in total. The second kappa shape index (κ2) is 10.9. The minimum atomic E-state index is -0.470. The lowest BCUT2D eigenvalue weighted by atomic mass is 10.1. The Balaban J connectivity index is 1.43. The summed E-state index contributed by atoms with van der Waals surface area (Å²) in [5, 5.41) is 1.23. The molecule has 1 aliphatic heterocycles. The molecule has 1 saturated heterocycles. The van der Waals surface area contributed by atoms with Gasteiger partial charge in [-0.1, -0.05) is 36.4 Å². The maximum Gasteiger partial charge on any atom is 0.282 e. The van der Waals surface area contributed by atoms with Crippen LogP contribution in [0.3, 0.4) is 0 Å². The average molecular weight is 523 g/mol. The largest absolute Gasteiger partial charge is 0.493 e. The van der Waals surface area contributed by atoms with Crippen LogP contribution in [0.4, 0.5) is 5.69 Å². The number of hydrazine groups is 1. The Kier molecular flexibility index (Phi) is 7.49. The highest BCUT2D eigenvalue weighted by atomic mass is 79.9. The lowest BCUT2D eigenvalue weighted by Crippen LogP contribution is -2.35. The molecule has 0 unspecified atom stereocenters. The van der Waals surface area contributed by atoms with Crippen LogP contribution in [0.2, 0.25) is 0 Å². The van der Waals surface area contributed by atoms with Gasteiger partial charge in [-0.25, -0.2) is 5.01 Å². The van der Waals surface area contributed by atoms with Crippen LogP contribution in [-0.2, 0) is 9.59 Å². The molecule has 34 heavy (non-hydrogen) atoms. The van der Waals surface area contributed by atoms with Crippen molar-refractivity contribution >= 4 is 39.5 Å². The number of hydrogen-bond acceptors (Lipinski definition) is 5. The summed E-state index contributed by atoms with van der Waals surface area (Å²) in [5.74, 6) is 0.941. The quantitative estimate of drug-likeness (QED) is 0.249. The monoisotopic (exact) mass is 522 g/mol. The van der Waals surface area contributed by atoms with E-state index in [-0.39, 0.29) is 5.57 Å². The normalized spacial score (nSPS) is 14.3. The molecule has 0 bridgehead atoms. The molecule has 3 aromatic carbocycles. The summed E-state index contributed by atoms with van der Waals surface area (Å²) >= 11 is 3.51. The fourth-order valence-corrected chi connectivity index (χ4v) is 3.96. The Bertz CT molecular complexity index is 1200. The fraction of sp³-hybridized carbons (Fsp3) is 0.154. The predicted molar refractivity (Wildman–Crippen MR) is 133 cm³/mol. The van der Waals surface area contributed by atoms with Gasteiger partial charge in [0.15, 0.2) is 11.5 Å². The van der Waals surface area contributed by atoms with E-state index in [4.69, 9.17) is 14.2 Å². The molecule has 8 heteroatoms. The number of benzene rings is 3. The third-order valence-corrected chi connectivity index (χ3v) is 5.60. The molecule has 0 aliphatic carbocycles. The number of para-hydroxylation sites is 2. The van der Waals surface area contributed by atoms with Crippen LogP contribution in [0.5, 0.6) is 17.2 Å². The van der Waals surface area contributed by atoms with Crippen molar-refractivity contribution in [2.24, 2.45) is 0 Å². The molecule has 0 atom stereocenters. The molecule has 1 aliphatic rings. The van der Waals surface area contributed by atoms with Crippen molar-refractivity contribution < 1.29 is 23.8 Å². The summed E-state index contributed by atoms with van der Waals surface area (Å²) in [6.45, 7) is 0.943. The molecule has 2 amide bonds. The lowest BCUT2D eigenvalue weighted by Gasteiger charge is -2.14. The molecule has 1 heterocycles. The predicted octanol–water partition coefficient (Wildman–Crippen LogP) is 4.77. The molecule has 0 saturated carbocycles. The highest BCUT2D eigenvalue weighted by Gasteiger charge is 2.34. The second-order valence-electron chi connectivity index (χ2n) is 7.37. The molecule has 4 rings (SSSR count). The van der Waals surface area contributed by atoms with Gasteiger partial charge in [0.05, 0.1) is 30.5 Å². The summed E-state index contributed by atoms with van der Waals surface area (Å²) in [6.07, 6.45) is 2.21. The van der Waals surface area contributed by atoms with E-state index in [1.807, 2.05) is 36.4 Å². The molecule has 0 aromatic heterocycles. The Hall–Kier alpha value is -3.78. The third kappa shape index (κ3) is 5.40. The van der Waals surface area contributed by atoms with E-state index in [0.29, 0.717) is 46.9 Å². The van der Waals surface area contributed by atoms with Crippen molar-refractivity contribution in [2.75, 3.05) is 25.3 Å². The highest BCUT2D eigenvalue weighted by Crippen LogP contribution is 2.37. The Morgan fingerprint density at radius 2 is 1.62 bits per heavy atom. The summed E-state index contributed by atoms with van der Waals surface area (Å²) in [7, 11) is 1.54. The van der Waals surface area contributed by atoms with E-state index in [1.54, 1.807) is 36.4 Å². The smallest absolute Gasteiger partial charge is 0.282 e. The average Bonchev–Trinajstić information content (AvgIpc) is 3.14. The first-order valence-corrected chi connectivity index (χ1v) is 11.5. The van der Waals surface area contributed by atoms with Crippen LogP contribution >= 0.6 is 15.9 Å². The number of hydrogen-bond donors (Lipinski definition) is 1. The summed E-state index contributed by atoms with van der Waals surface area (Å²) in [5.41, 5.74) is 3.83. The number of nitrogens with zero attached hydrogens (tertiary/aromatic N) is 1. The van der Waals surface area contributed by atoms with E-state index >= 15 is 0 Å².